The van der Waals surface area contributed by atoms with Crippen molar-refractivity contribution in [1.82, 2.24) is 0 Å². The summed E-state index contributed by atoms with van der Waals surface area (Å²) >= 11 is 0. The van der Waals surface area contributed by atoms with Crippen LogP contribution >= 0.6 is 0 Å². The van der Waals surface area contributed by atoms with Crippen molar-refractivity contribution >= 4 is 34.7 Å². The van der Waals surface area contributed by atoms with E-state index in [4.69, 9.17) is 0 Å². The van der Waals surface area contributed by atoms with Gasteiger partial charge in [0.15, 0.2) is 0 Å². The zero-order valence-corrected chi connectivity index (χ0v) is 21.9. The lowest BCUT2D eigenvalue weighted by Crippen LogP contribution is -2.58. The molecule has 1 spiro atoms. The number of anilines is 4. The summed E-state index contributed by atoms with van der Waals surface area (Å²) in [4.78, 5) is 22.3. The summed E-state index contributed by atoms with van der Waals surface area (Å²) < 4.78 is 0. The van der Waals surface area contributed by atoms with Gasteiger partial charge in [-0.1, -0.05) is 78.9 Å². The van der Waals surface area contributed by atoms with Crippen LogP contribution in [0.3, 0.4) is 0 Å². The van der Waals surface area contributed by atoms with Gasteiger partial charge in [0.2, 0.25) is 5.91 Å². The molecule has 0 bridgehead atoms. The van der Waals surface area contributed by atoms with Gasteiger partial charge in [-0.25, -0.2) is 0 Å². The van der Waals surface area contributed by atoms with E-state index in [0.717, 1.165) is 22.6 Å². The smallest absolute Gasteiger partial charge is 0.244 e. The van der Waals surface area contributed by atoms with E-state index >= 15 is 4.79 Å². The lowest BCUT2D eigenvalue weighted by atomic mass is 9.62. The summed E-state index contributed by atoms with van der Waals surface area (Å²) in [6, 6.07) is 34.1. The van der Waals surface area contributed by atoms with Gasteiger partial charge in [0.1, 0.15) is 5.41 Å². The average Bonchev–Trinajstić information content (AvgIpc) is 3.57. The largest absolute Gasteiger partial charge is 0.378 e. The molecule has 5 unspecified atom stereocenters. The fourth-order valence-electron chi connectivity index (χ4n) is 8.48. The molecule has 1 saturated heterocycles. The lowest BCUT2D eigenvalue weighted by Gasteiger charge is -2.49. The van der Waals surface area contributed by atoms with Gasteiger partial charge in [-0.05, 0) is 46.5 Å². The lowest BCUT2D eigenvalue weighted by molar-refractivity contribution is -0.122. The Kier molecular flexibility index (Phi) is 3.91. The molecule has 0 aliphatic carbocycles. The second kappa shape index (κ2) is 7.11. The van der Waals surface area contributed by atoms with Crippen molar-refractivity contribution in [3.05, 3.63) is 125 Å². The van der Waals surface area contributed by atoms with Crippen LogP contribution in [-0.4, -0.2) is 32.1 Å². The molecule has 9 rings (SSSR count). The molecule has 4 aromatic carbocycles. The summed E-state index contributed by atoms with van der Waals surface area (Å²) in [5, 5.41) is 3.90. The van der Waals surface area contributed by atoms with E-state index in [1.165, 1.54) is 28.0 Å². The minimum absolute atomic E-state index is 0.0332. The monoisotopic (exact) mass is 508 g/mol. The molecule has 5 aliphatic heterocycles. The highest BCUT2D eigenvalue weighted by molar-refractivity contribution is 6.14. The van der Waals surface area contributed by atoms with Gasteiger partial charge in [0.25, 0.3) is 0 Å². The maximum Gasteiger partial charge on any atom is 0.244 e. The van der Waals surface area contributed by atoms with E-state index in [-0.39, 0.29) is 30.1 Å². The zero-order chi connectivity index (χ0) is 26.0. The molecule has 0 aromatic heterocycles. The predicted octanol–water partition coefficient (Wildman–Crippen LogP) is 5.91. The minimum Gasteiger partial charge on any atom is -0.378 e. The van der Waals surface area contributed by atoms with Crippen LogP contribution in [0.1, 0.15) is 34.3 Å². The first-order valence-corrected chi connectivity index (χ1v) is 13.8. The van der Waals surface area contributed by atoms with Crippen LogP contribution in [0.4, 0.5) is 22.7 Å². The number of hydrogen-bond acceptors (Lipinski definition) is 4. The van der Waals surface area contributed by atoms with Crippen LogP contribution in [0.15, 0.2) is 103 Å². The van der Waals surface area contributed by atoms with Gasteiger partial charge in [-0.2, -0.15) is 0 Å². The topological polar surface area (TPSA) is 38.8 Å². The van der Waals surface area contributed by atoms with Crippen LogP contribution in [0, 0.1) is 0 Å². The Morgan fingerprint density at radius 1 is 0.667 bits per heavy atom. The number of hydrogen-bond donors (Lipinski definition) is 1. The second-order valence-corrected chi connectivity index (χ2v) is 11.5. The van der Waals surface area contributed by atoms with Crippen LogP contribution in [0.25, 0.3) is 6.08 Å². The fourth-order valence-corrected chi connectivity index (χ4v) is 8.48. The molecule has 1 fully saturated rings. The SMILES string of the molecule is CN1c2ccccc2C=C2C3C1c1ccccc1N3C(=O)C21c2ccccc2N(C)C2c3ccccc3NC21. The van der Waals surface area contributed by atoms with E-state index in [9.17, 15) is 0 Å². The molecular formula is C34H28N4O. The van der Waals surface area contributed by atoms with Crippen molar-refractivity contribution in [3.8, 4) is 0 Å². The summed E-state index contributed by atoms with van der Waals surface area (Å²) in [5.41, 5.74) is 9.57. The summed E-state index contributed by atoms with van der Waals surface area (Å²) in [7, 11) is 4.36. The number of nitrogens with zero attached hydrogens (tertiary/aromatic N) is 3. The maximum atomic E-state index is 15.4. The molecule has 1 amide bonds. The first kappa shape index (κ1) is 21.4. The third kappa shape index (κ3) is 2.33. The molecule has 5 atom stereocenters. The molecule has 5 aliphatic rings. The molecular weight excluding hydrogens is 480 g/mol. The normalized spacial score (nSPS) is 28.6. The standard InChI is InChI=1S/C34H28N4O/c1-36-26-16-8-3-11-20(26)19-24-31-29(36)22-13-5-9-17-27(22)38(31)33(39)34(24)23-14-6-10-18-28(23)37(2)30-21-12-4-7-15-25(21)35-32(30)34/h3-19,29-32,35H,1-2H3. The van der Waals surface area contributed by atoms with Crippen molar-refractivity contribution in [1.29, 1.82) is 0 Å². The maximum absolute atomic E-state index is 15.4. The summed E-state index contributed by atoms with van der Waals surface area (Å²) in [6.45, 7) is 0. The number of para-hydroxylation sites is 4. The van der Waals surface area contributed by atoms with Crippen molar-refractivity contribution in [2.45, 2.75) is 29.6 Å². The first-order chi connectivity index (χ1) is 19.1. The quantitative estimate of drug-likeness (QED) is 0.320. The molecule has 4 aromatic rings. The van der Waals surface area contributed by atoms with Crippen LogP contribution < -0.4 is 20.0 Å². The van der Waals surface area contributed by atoms with E-state index in [1.54, 1.807) is 0 Å². The second-order valence-electron chi connectivity index (χ2n) is 11.5. The van der Waals surface area contributed by atoms with Crippen molar-refractivity contribution in [2.75, 3.05) is 34.1 Å². The van der Waals surface area contributed by atoms with Gasteiger partial charge in [-0.3, -0.25) is 4.79 Å². The number of carbonyl (C=O) groups excluding carboxylic acids is 1. The number of benzene rings is 4. The van der Waals surface area contributed by atoms with Crippen molar-refractivity contribution < 1.29 is 4.79 Å². The Labute approximate surface area is 228 Å². The Balaban J connectivity index is 1.41. The van der Waals surface area contributed by atoms with Crippen LogP contribution in [-0.2, 0) is 10.2 Å². The van der Waals surface area contributed by atoms with Crippen LogP contribution in [0.2, 0.25) is 0 Å². The highest BCUT2D eigenvalue weighted by Crippen LogP contribution is 2.65. The molecule has 5 heteroatoms. The Bertz CT molecular complexity index is 1760. The van der Waals surface area contributed by atoms with E-state index in [0.29, 0.717) is 0 Å². The Morgan fingerprint density at radius 3 is 2.15 bits per heavy atom. The van der Waals surface area contributed by atoms with Gasteiger partial charge >= 0.3 is 0 Å². The van der Waals surface area contributed by atoms with Crippen LogP contribution in [0.5, 0.6) is 0 Å². The third-order valence-corrected chi connectivity index (χ3v) is 9.97. The van der Waals surface area contributed by atoms with E-state index in [2.05, 4.69) is 137 Å². The minimum atomic E-state index is -0.846. The number of rotatable bonds is 0. The van der Waals surface area contributed by atoms with E-state index in [1.807, 2.05) is 0 Å². The van der Waals surface area contributed by atoms with Gasteiger partial charge in [0, 0.05) is 42.4 Å². The predicted molar refractivity (Wildman–Crippen MR) is 156 cm³/mol. The van der Waals surface area contributed by atoms with E-state index < -0.39 is 5.41 Å². The highest BCUT2D eigenvalue weighted by Gasteiger charge is 2.70. The Morgan fingerprint density at radius 2 is 1.31 bits per heavy atom. The van der Waals surface area contributed by atoms with Gasteiger partial charge < -0.3 is 20.0 Å². The van der Waals surface area contributed by atoms with Crippen molar-refractivity contribution in [3.63, 3.8) is 0 Å². The molecule has 5 nitrogen and oxygen atoms in total. The molecule has 0 radical (unpaired) electrons. The average molecular weight is 509 g/mol. The molecule has 0 saturated carbocycles. The number of fused-ring (bicyclic) bond motifs is 11. The Hall–Kier alpha value is -4.51. The first-order valence-electron chi connectivity index (χ1n) is 13.8. The number of carbonyl (C=O) groups is 1. The summed E-state index contributed by atoms with van der Waals surface area (Å²) in [6.07, 6.45) is 2.35. The molecule has 190 valence electrons. The number of amides is 1. The number of nitrogens with one attached hydrogen (secondary N) is 1. The molecule has 5 heterocycles. The molecule has 1 N–H and O–H groups in total. The van der Waals surface area contributed by atoms with Crippen molar-refractivity contribution in [2.24, 2.45) is 0 Å². The highest BCUT2D eigenvalue weighted by atomic mass is 16.2. The number of likely N-dealkylation sites (N-methyl/N-ethyl adjacent to an activating group) is 2. The molecule has 39 heavy (non-hydrogen) atoms. The fraction of sp³-hybridized carbons (Fsp3) is 0.206. The zero-order valence-electron chi connectivity index (χ0n) is 21.9. The van der Waals surface area contributed by atoms with Gasteiger partial charge in [-0.15, -0.1) is 0 Å². The summed E-state index contributed by atoms with van der Waals surface area (Å²) in [5.74, 6) is 0.178. The third-order valence-electron chi connectivity index (χ3n) is 9.97. The van der Waals surface area contributed by atoms with Gasteiger partial charge in [0.05, 0.1) is 24.2 Å².